The van der Waals surface area contributed by atoms with E-state index in [0.717, 1.165) is 25.8 Å². The van der Waals surface area contributed by atoms with Crippen molar-refractivity contribution >= 4 is 11.3 Å². The predicted octanol–water partition coefficient (Wildman–Crippen LogP) is 2.06. The van der Waals surface area contributed by atoms with Gasteiger partial charge in [0.2, 0.25) is 0 Å². The average Bonchev–Trinajstić information content (AvgIpc) is 2.72. The molecule has 0 saturated heterocycles. The Hall–Kier alpha value is -0.380. The van der Waals surface area contributed by atoms with Crippen LogP contribution >= 0.6 is 11.3 Å². The molecule has 0 bridgehead atoms. The van der Waals surface area contributed by atoms with Crippen molar-refractivity contribution in [1.29, 1.82) is 0 Å². The number of thiophene rings is 1. The van der Waals surface area contributed by atoms with Gasteiger partial charge >= 0.3 is 0 Å². The molecule has 1 heterocycles. The summed E-state index contributed by atoms with van der Waals surface area (Å²) in [4.78, 5) is 1.39. The fourth-order valence-corrected chi connectivity index (χ4v) is 2.84. The third-order valence-electron chi connectivity index (χ3n) is 2.97. The van der Waals surface area contributed by atoms with Crippen LogP contribution in [-0.2, 0) is 6.54 Å². The number of rotatable bonds is 3. The van der Waals surface area contributed by atoms with Gasteiger partial charge in [-0.2, -0.15) is 0 Å². The van der Waals surface area contributed by atoms with E-state index in [4.69, 9.17) is 0 Å². The molecule has 14 heavy (non-hydrogen) atoms. The third kappa shape index (κ3) is 2.16. The summed E-state index contributed by atoms with van der Waals surface area (Å²) < 4.78 is 0. The van der Waals surface area contributed by atoms with Crippen LogP contribution in [-0.4, -0.2) is 17.3 Å². The summed E-state index contributed by atoms with van der Waals surface area (Å²) in [6.07, 6.45) is 3.10. The Morgan fingerprint density at radius 2 is 2.43 bits per heavy atom. The molecule has 0 unspecified atom stereocenters. The van der Waals surface area contributed by atoms with Gasteiger partial charge < -0.3 is 10.4 Å². The van der Waals surface area contributed by atoms with Gasteiger partial charge in [-0.1, -0.05) is 0 Å². The first-order chi connectivity index (χ1) is 6.77. The van der Waals surface area contributed by atoms with Crippen molar-refractivity contribution in [3.05, 3.63) is 21.9 Å². The second kappa shape index (κ2) is 4.43. The van der Waals surface area contributed by atoms with Gasteiger partial charge in [0.05, 0.1) is 6.10 Å². The summed E-state index contributed by atoms with van der Waals surface area (Å²) in [5.41, 5.74) is 1.36. The first kappa shape index (κ1) is 10.1. The van der Waals surface area contributed by atoms with Gasteiger partial charge in [0.1, 0.15) is 0 Å². The van der Waals surface area contributed by atoms with Crippen LogP contribution in [0.15, 0.2) is 11.4 Å². The summed E-state index contributed by atoms with van der Waals surface area (Å²) in [5, 5.41) is 15.2. The molecular weight excluding hydrogens is 194 g/mol. The summed E-state index contributed by atoms with van der Waals surface area (Å²) >= 11 is 1.79. The highest BCUT2D eigenvalue weighted by atomic mass is 32.1. The zero-order chi connectivity index (χ0) is 9.97. The normalized spacial score (nSPS) is 27.0. The highest BCUT2D eigenvalue weighted by Crippen LogP contribution is 2.21. The number of aliphatic hydroxyl groups is 1. The molecule has 1 aliphatic rings. The zero-order valence-corrected chi connectivity index (χ0v) is 9.31. The lowest BCUT2D eigenvalue weighted by Gasteiger charge is -2.15. The van der Waals surface area contributed by atoms with E-state index in [1.54, 1.807) is 11.3 Å². The molecular formula is C11H17NOS. The summed E-state index contributed by atoms with van der Waals surface area (Å²) in [5.74, 6) is 0. The van der Waals surface area contributed by atoms with Crippen LogP contribution < -0.4 is 5.32 Å². The Bertz CT molecular complexity index is 297. The van der Waals surface area contributed by atoms with Crippen LogP contribution in [0.5, 0.6) is 0 Å². The van der Waals surface area contributed by atoms with Crippen LogP contribution in [0.25, 0.3) is 0 Å². The Balaban J connectivity index is 1.85. The Kier molecular flexibility index (Phi) is 3.21. The fraction of sp³-hybridized carbons (Fsp3) is 0.636. The number of aryl methyl sites for hydroxylation is 1. The molecule has 1 fully saturated rings. The molecule has 3 heteroatoms. The van der Waals surface area contributed by atoms with Crippen molar-refractivity contribution in [2.24, 2.45) is 0 Å². The maximum atomic E-state index is 9.63. The van der Waals surface area contributed by atoms with Crippen molar-refractivity contribution in [2.75, 3.05) is 0 Å². The molecule has 78 valence electrons. The van der Waals surface area contributed by atoms with Crippen LogP contribution in [0, 0.1) is 6.92 Å². The van der Waals surface area contributed by atoms with Gasteiger partial charge in [0.15, 0.2) is 0 Å². The monoisotopic (exact) mass is 211 g/mol. The van der Waals surface area contributed by atoms with E-state index in [1.165, 1.54) is 10.4 Å². The van der Waals surface area contributed by atoms with E-state index < -0.39 is 0 Å². The van der Waals surface area contributed by atoms with Gasteiger partial charge in [-0.3, -0.25) is 0 Å². The van der Waals surface area contributed by atoms with E-state index in [9.17, 15) is 5.11 Å². The van der Waals surface area contributed by atoms with E-state index >= 15 is 0 Å². The van der Waals surface area contributed by atoms with Crippen LogP contribution in [0.2, 0.25) is 0 Å². The van der Waals surface area contributed by atoms with Crippen molar-refractivity contribution in [2.45, 2.75) is 44.9 Å². The average molecular weight is 211 g/mol. The highest BCUT2D eigenvalue weighted by Gasteiger charge is 2.24. The van der Waals surface area contributed by atoms with E-state index in [1.807, 2.05) is 0 Å². The van der Waals surface area contributed by atoms with Crippen molar-refractivity contribution in [3.8, 4) is 0 Å². The standard InChI is InChI=1S/C11H17NOS/c1-8-5-6-14-11(8)7-12-9-3-2-4-10(9)13/h5-6,9-10,12-13H,2-4,7H2,1H3/t9-,10-/m1/s1. The lowest BCUT2D eigenvalue weighted by Crippen LogP contribution is -2.34. The molecule has 0 amide bonds. The largest absolute Gasteiger partial charge is 0.392 e. The molecule has 2 atom stereocenters. The topological polar surface area (TPSA) is 32.3 Å². The smallest absolute Gasteiger partial charge is 0.0693 e. The molecule has 2 rings (SSSR count). The van der Waals surface area contributed by atoms with Gasteiger partial charge in [0, 0.05) is 17.5 Å². The lowest BCUT2D eigenvalue weighted by molar-refractivity contribution is 0.149. The van der Waals surface area contributed by atoms with Crippen molar-refractivity contribution in [1.82, 2.24) is 5.32 Å². The number of hydrogen-bond donors (Lipinski definition) is 2. The summed E-state index contributed by atoms with van der Waals surface area (Å²) in [7, 11) is 0. The van der Waals surface area contributed by atoms with Crippen LogP contribution in [0.4, 0.5) is 0 Å². The summed E-state index contributed by atoms with van der Waals surface area (Å²) in [6.45, 7) is 3.05. The first-order valence-electron chi connectivity index (χ1n) is 5.22. The number of aliphatic hydroxyl groups excluding tert-OH is 1. The maximum absolute atomic E-state index is 9.63. The Labute approximate surface area is 89.0 Å². The van der Waals surface area contributed by atoms with E-state index in [-0.39, 0.29) is 6.10 Å². The Morgan fingerprint density at radius 1 is 1.57 bits per heavy atom. The molecule has 1 aromatic heterocycles. The molecule has 1 saturated carbocycles. The lowest BCUT2D eigenvalue weighted by atomic mass is 10.2. The van der Waals surface area contributed by atoms with Crippen LogP contribution in [0.1, 0.15) is 29.7 Å². The third-order valence-corrected chi connectivity index (χ3v) is 4.00. The van der Waals surface area contributed by atoms with Gasteiger partial charge in [0.25, 0.3) is 0 Å². The molecule has 2 nitrogen and oxygen atoms in total. The number of hydrogen-bond acceptors (Lipinski definition) is 3. The molecule has 0 radical (unpaired) electrons. The number of nitrogens with one attached hydrogen (secondary N) is 1. The van der Waals surface area contributed by atoms with Gasteiger partial charge in [-0.15, -0.1) is 11.3 Å². The zero-order valence-electron chi connectivity index (χ0n) is 8.49. The minimum atomic E-state index is -0.129. The molecule has 0 spiro atoms. The van der Waals surface area contributed by atoms with Crippen molar-refractivity contribution < 1.29 is 5.11 Å². The second-order valence-electron chi connectivity index (χ2n) is 4.01. The van der Waals surface area contributed by atoms with E-state index in [2.05, 4.69) is 23.7 Å². The predicted molar refractivity (Wildman–Crippen MR) is 59.5 cm³/mol. The highest BCUT2D eigenvalue weighted by molar-refractivity contribution is 7.10. The minimum Gasteiger partial charge on any atom is -0.392 e. The molecule has 2 N–H and O–H groups in total. The molecule has 0 aliphatic heterocycles. The fourth-order valence-electron chi connectivity index (χ4n) is 1.99. The van der Waals surface area contributed by atoms with Gasteiger partial charge in [-0.05, 0) is 43.2 Å². The maximum Gasteiger partial charge on any atom is 0.0693 e. The molecule has 1 aromatic rings. The second-order valence-corrected chi connectivity index (χ2v) is 5.01. The van der Waals surface area contributed by atoms with Crippen LogP contribution in [0.3, 0.4) is 0 Å². The Morgan fingerprint density at radius 3 is 3.00 bits per heavy atom. The summed E-state index contributed by atoms with van der Waals surface area (Å²) in [6, 6.07) is 2.46. The first-order valence-corrected chi connectivity index (χ1v) is 6.10. The minimum absolute atomic E-state index is 0.129. The van der Waals surface area contributed by atoms with E-state index in [0.29, 0.717) is 6.04 Å². The molecule has 1 aliphatic carbocycles. The quantitative estimate of drug-likeness (QED) is 0.802. The SMILES string of the molecule is Cc1ccsc1CN[C@@H]1CCC[C@H]1O. The molecule has 0 aromatic carbocycles. The van der Waals surface area contributed by atoms with Crippen molar-refractivity contribution in [3.63, 3.8) is 0 Å². The van der Waals surface area contributed by atoms with Gasteiger partial charge in [-0.25, -0.2) is 0 Å².